The summed E-state index contributed by atoms with van der Waals surface area (Å²) >= 11 is 6.03. The number of halogens is 1. The van der Waals surface area contributed by atoms with Gasteiger partial charge in [0.25, 0.3) is 0 Å². The number of hydrogen-bond acceptors (Lipinski definition) is 3. The van der Waals surface area contributed by atoms with Crippen molar-refractivity contribution in [2.45, 2.75) is 12.8 Å². The summed E-state index contributed by atoms with van der Waals surface area (Å²) in [5.74, 6) is 0.0490. The number of hydrogen-bond donors (Lipinski definition) is 2. The Morgan fingerprint density at radius 2 is 1.90 bits per heavy atom. The number of phenols is 1. The molecule has 0 unspecified atom stereocenters. The number of phenolic OH excluding ortho intramolecular Hbond substituents is 1. The van der Waals surface area contributed by atoms with Crippen LogP contribution in [0, 0.1) is 0 Å². The molecule has 0 saturated carbocycles. The summed E-state index contributed by atoms with van der Waals surface area (Å²) < 4.78 is 0. The SMILES string of the molecule is O=C(Cc1ccc2[nH]c3ccccc3c2c1)N1CCC(c2cc(Cl)ccc2O)=N1. The van der Waals surface area contributed by atoms with Crippen LogP contribution in [0.5, 0.6) is 5.75 Å². The van der Waals surface area contributed by atoms with Crippen LogP contribution in [0.3, 0.4) is 0 Å². The summed E-state index contributed by atoms with van der Waals surface area (Å²) in [7, 11) is 0. The molecule has 3 aromatic carbocycles. The molecule has 0 saturated heterocycles. The van der Waals surface area contributed by atoms with Crippen molar-refractivity contribution >= 4 is 45.0 Å². The van der Waals surface area contributed by atoms with Crippen LogP contribution in [0.2, 0.25) is 5.02 Å². The zero-order valence-corrected chi connectivity index (χ0v) is 16.3. The van der Waals surface area contributed by atoms with Crippen LogP contribution in [0.25, 0.3) is 21.8 Å². The number of aromatic amines is 1. The molecule has 1 aliphatic heterocycles. The Morgan fingerprint density at radius 1 is 1.07 bits per heavy atom. The number of aromatic nitrogens is 1. The normalized spacial score (nSPS) is 14.0. The van der Waals surface area contributed by atoms with Crippen LogP contribution in [0.15, 0.2) is 65.8 Å². The second kappa shape index (κ2) is 6.94. The highest BCUT2D eigenvalue weighted by atomic mass is 35.5. The Morgan fingerprint density at radius 3 is 2.79 bits per heavy atom. The molecule has 1 amide bonds. The largest absolute Gasteiger partial charge is 0.507 e. The molecule has 1 aliphatic rings. The van der Waals surface area contributed by atoms with Crippen LogP contribution < -0.4 is 0 Å². The van der Waals surface area contributed by atoms with Crippen LogP contribution in [-0.4, -0.2) is 33.3 Å². The Balaban J connectivity index is 1.40. The minimum Gasteiger partial charge on any atom is -0.507 e. The van der Waals surface area contributed by atoms with Gasteiger partial charge in [0.1, 0.15) is 5.75 Å². The summed E-state index contributed by atoms with van der Waals surface area (Å²) in [6, 6.07) is 19.0. The van der Waals surface area contributed by atoms with Gasteiger partial charge in [-0.25, -0.2) is 5.01 Å². The number of carbonyl (C=O) groups is 1. The number of aromatic hydroxyl groups is 1. The molecule has 0 atom stereocenters. The van der Waals surface area contributed by atoms with E-state index in [4.69, 9.17) is 11.6 Å². The fourth-order valence-corrected chi connectivity index (χ4v) is 4.01. The number of benzene rings is 3. The first-order valence-corrected chi connectivity index (χ1v) is 9.82. The summed E-state index contributed by atoms with van der Waals surface area (Å²) in [6.07, 6.45) is 0.856. The van der Waals surface area contributed by atoms with E-state index in [1.807, 2.05) is 30.3 Å². The zero-order valence-electron chi connectivity index (χ0n) is 15.5. The fourth-order valence-electron chi connectivity index (χ4n) is 3.84. The van der Waals surface area contributed by atoms with Crippen molar-refractivity contribution < 1.29 is 9.90 Å². The standard InChI is InChI=1S/C23H18ClN3O2/c24-15-6-8-22(28)18(13-15)21-9-10-27(26-21)23(29)12-14-5-7-20-17(11-14)16-3-1-2-4-19(16)25-20/h1-8,11,13,25,28H,9-10,12H2. The van der Waals surface area contributed by atoms with E-state index in [-0.39, 0.29) is 18.1 Å². The number of carbonyl (C=O) groups excluding carboxylic acids is 1. The van der Waals surface area contributed by atoms with Crippen molar-refractivity contribution in [3.8, 4) is 5.75 Å². The summed E-state index contributed by atoms with van der Waals surface area (Å²) in [4.78, 5) is 16.2. The molecule has 2 N–H and O–H groups in total. The molecule has 0 spiro atoms. The Hall–Kier alpha value is -3.31. The van der Waals surface area contributed by atoms with Crippen LogP contribution in [0.1, 0.15) is 17.5 Å². The van der Waals surface area contributed by atoms with Gasteiger partial charge < -0.3 is 10.1 Å². The highest BCUT2D eigenvalue weighted by Crippen LogP contribution is 2.28. The minimum absolute atomic E-state index is 0.0688. The number of rotatable bonds is 3. The van der Waals surface area contributed by atoms with Gasteiger partial charge in [-0.2, -0.15) is 5.10 Å². The molecular formula is C23H18ClN3O2. The van der Waals surface area contributed by atoms with Gasteiger partial charge in [-0.05, 0) is 42.0 Å². The monoisotopic (exact) mass is 403 g/mol. The topological polar surface area (TPSA) is 68.7 Å². The molecule has 0 radical (unpaired) electrons. The van der Waals surface area contributed by atoms with E-state index in [1.165, 1.54) is 5.01 Å². The maximum Gasteiger partial charge on any atom is 0.247 e. The molecule has 0 aliphatic carbocycles. The van der Waals surface area contributed by atoms with Gasteiger partial charge >= 0.3 is 0 Å². The predicted molar refractivity (Wildman–Crippen MR) is 115 cm³/mol. The predicted octanol–water partition coefficient (Wildman–Crippen LogP) is 4.86. The summed E-state index contributed by atoms with van der Waals surface area (Å²) in [6.45, 7) is 0.495. The molecule has 0 fully saturated rings. The average molecular weight is 404 g/mol. The number of fused-ring (bicyclic) bond motifs is 3. The van der Waals surface area contributed by atoms with Gasteiger partial charge in [0.05, 0.1) is 18.7 Å². The van der Waals surface area contributed by atoms with E-state index in [9.17, 15) is 9.90 Å². The third-order valence-corrected chi connectivity index (χ3v) is 5.52. The van der Waals surface area contributed by atoms with Crippen molar-refractivity contribution in [2.24, 2.45) is 5.10 Å². The molecule has 5 rings (SSSR count). The molecule has 2 heterocycles. The molecule has 144 valence electrons. The van der Waals surface area contributed by atoms with Crippen molar-refractivity contribution in [3.63, 3.8) is 0 Å². The van der Waals surface area contributed by atoms with E-state index in [0.29, 0.717) is 29.3 Å². The van der Waals surface area contributed by atoms with E-state index in [1.54, 1.807) is 18.2 Å². The van der Waals surface area contributed by atoms with Crippen molar-refractivity contribution in [2.75, 3.05) is 6.54 Å². The number of H-pyrrole nitrogens is 1. The third kappa shape index (κ3) is 3.23. The molecule has 4 aromatic rings. The molecule has 6 heteroatoms. The smallest absolute Gasteiger partial charge is 0.247 e. The highest BCUT2D eigenvalue weighted by molar-refractivity contribution is 6.31. The quantitative estimate of drug-likeness (QED) is 0.513. The second-order valence-corrected chi connectivity index (χ2v) is 7.64. The van der Waals surface area contributed by atoms with Crippen molar-refractivity contribution in [1.29, 1.82) is 0 Å². The number of para-hydroxylation sites is 1. The average Bonchev–Trinajstić information content (AvgIpc) is 3.35. The van der Waals surface area contributed by atoms with Gasteiger partial charge in [0, 0.05) is 38.8 Å². The van der Waals surface area contributed by atoms with E-state index >= 15 is 0 Å². The zero-order chi connectivity index (χ0) is 20.0. The Labute approximate surface area is 172 Å². The Kier molecular flexibility index (Phi) is 4.25. The van der Waals surface area contributed by atoms with Gasteiger partial charge in [0.2, 0.25) is 5.91 Å². The van der Waals surface area contributed by atoms with Crippen LogP contribution in [-0.2, 0) is 11.2 Å². The maximum absolute atomic E-state index is 12.8. The first-order chi connectivity index (χ1) is 14.1. The van der Waals surface area contributed by atoms with Crippen molar-refractivity contribution in [3.05, 3.63) is 76.8 Å². The second-order valence-electron chi connectivity index (χ2n) is 7.20. The molecule has 1 aromatic heterocycles. The van der Waals surface area contributed by atoms with Gasteiger partial charge in [-0.1, -0.05) is 35.9 Å². The summed E-state index contributed by atoms with van der Waals surface area (Å²) in [5.41, 5.74) is 4.33. The number of hydrazone groups is 1. The molecule has 0 bridgehead atoms. The molecule has 29 heavy (non-hydrogen) atoms. The van der Waals surface area contributed by atoms with Gasteiger partial charge in [-0.15, -0.1) is 0 Å². The molecular weight excluding hydrogens is 386 g/mol. The van der Waals surface area contributed by atoms with Crippen LogP contribution >= 0.6 is 11.6 Å². The maximum atomic E-state index is 12.8. The van der Waals surface area contributed by atoms with E-state index < -0.39 is 0 Å². The van der Waals surface area contributed by atoms with Gasteiger partial charge in [-0.3, -0.25) is 4.79 Å². The highest BCUT2D eigenvalue weighted by Gasteiger charge is 2.23. The molecule has 5 nitrogen and oxygen atoms in total. The van der Waals surface area contributed by atoms with E-state index in [0.717, 1.165) is 27.4 Å². The first kappa shape index (κ1) is 17.8. The lowest BCUT2D eigenvalue weighted by molar-refractivity contribution is -0.130. The lowest BCUT2D eigenvalue weighted by Gasteiger charge is -2.11. The number of nitrogens with zero attached hydrogens (tertiary/aromatic N) is 2. The van der Waals surface area contributed by atoms with Gasteiger partial charge in [0.15, 0.2) is 0 Å². The third-order valence-electron chi connectivity index (χ3n) is 5.29. The van der Waals surface area contributed by atoms with Crippen LogP contribution in [0.4, 0.5) is 0 Å². The number of amides is 1. The lowest BCUT2D eigenvalue weighted by Crippen LogP contribution is -2.25. The fraction of sp³-hybridized carbons (Fsp3) is 0.130. The summed E-state index contributed by atoms with van der Waals surface area (Å²) in [5, 5.41) is 18.8. The number of nitrogens with one attached hydrogen (secondary N) is 1. The first-order valence-electron chi connectivity index (χ1n) is 9.44. The Bertz CT molecular complexity index is 1290. The lowest BCUT2D eigenvalue weighted by atomic mass is 10.1. The van der Waals surface area contributed by atoms with E-state index in [2.05, 4.69) is 22.2 Å². The van der Waals surface area contributed by atoms with Crippen molar-refractivity contribution in [1.82, 2.24) is 9.99 Å². The minimum atomic E-state index is -0.0688.